The molecule has 0 saturated carbocycles. The van der Waals surface area contributed by atoms with Crippen molar-refractivity contribution in [2.24, 2.45) is 5.41 Å². The molecule has 2 aliphatic heterocycles. The Balaban J connectivity index is 2.42. The average Bonchev–Trinajstić information content (AvgIpc) is 2.33. The van der Waals surface area contributed by atoms with Gasteiger partial charge in [0.05, 0.1) is 5.70 Å². The lowest BCUT2D eigenvalue weighted by Gasteiger charge is -2.48. The third kappa shape index (κ3) is 2.14. The number of hydrogen-bond donors (Lipinski definition) is 0. The molecule has 0 aromatic carbocycles. The summed E-state index contributed by atoms with van der Waals surface area (Å²) in [6, 6.07) is 0. The van der Waals surface area contributed by atoms with E-state index in [2.05, 4.69) is 15.9 Å². The van der Waals surface area contributed by atoms with Crippen LogP contribution in [0.2, 0.25) is 0 Å². The zero-order valence-corrected chi connectivity index (χ0v) is 13.7. The zero-order chi connectivity index (χ0) is 13.7. The summed E-state index contributed by atoms with van der Waals surface area (Å²) < 4.78 is 0. The zero-order valence-electron chi connectivity index (χ0n) is 10.5. The molecule has 2 atom stereocenters. The first kappa shape index (κ1) is 14.4. The molecule has 1 fully saturated rings. The molecule has 3 nitrogen and oxygen atoms in total. The van der Waals surface area contributed by atoms with Gasteiger partial charge >= 0.3 is 0 Å². The predicted octanol–water partition coefficient (Wildman–Crippen LogP) is 2.77. The van der Waals surface area contributed by atoms with Crippen LogP contribution in [0.25, 0.3) is 0 Å². The van der Waals surface area contributed by atoms with E-state index in [-0.39, 0.29) is 17.1 Å². The van der Waals surface area contributed by atoms with Crippen molar-refractivity contribution in [1.82, 2.24) is 4.90 Å². The second kappa shape index (κ2) is 4.84. The minimum absolute atomic E-state index is 0.0131. The van der Waals surface area contributed by atoms with Crippen molar-refractivity contribution in [3.05, 3.63) is 11.3 Å². The Morgan fingerprint density at radius 3 is 2.67 bits per heavy atom. The van der Waals surface area contributed by atoms with E-state index in [0.29, 0.717) is 11.0 Å². The molecule has 2 rings (SSSR count). The van der Waals surface area contributed by atoms with Gasteiger partial charge in [-0.3, -0.25) is 14.5 Å². The molecule has 18 heavy (non-hydrogen) atoms. The maximum absolute atomic E-state index is 12.5. The van der Waals surface area contributed by atoms with Gasteiger partial charge in [0, 0.05) is 16.5 Å². The molecular formula is C12H15BrClNO2S. The number of rotatable bonds is 2. The summed E-state index contributed by atoms with van der Waals surface area (Å²) in [5.41, 5.74) is 1.05. The molecule has 0 N–H and O–H groups in total. The van der Waals surface area contributed by atoms with Crippen LogP contribution >= 0.6 is 39.3 Å². The van der Waals surface area contributed by atoms with Gasteiger partial charge in [-0.05, 0) is 5.57 Å². The van der Waals surface area contributed by atoms with E-state index >= 15 is 0 Å². The molecule has 0 aliphatic carbocycles. The average molecular weight is 353 g/mol. The van der Waals surface area contributed by atoms with Gasteiger partial charge in [0.1, 0.15) is 10.8 Å². The monoisotopic (exact) mass is 351 g/mol. The fourth-order valence-electron chi connectivity index (χ4n) is 1.98. The summed E-state index contributed by atoms with van der Waals surface area (Å²) in [5, 5.41) is 0.0403. The highest BCUT2D eigenvalue weighted by molar-refractivity contribution is 9.09. The molecule has 1 saturated heterocycles. The maximum Gasteiger partial charge on any atom is 0.249 e. The largest absolute Gasteiger partial charge is 0.293 e. The molecule has 0 bridgehead atoms. The summed E-state index contributed by atoms with van der Waals surface area (Å²) in [5.74, 6) is 0.610. The number of carbonyl (C=O) groups is 2. The highest BCUT2D eigenvalue weighted by Crippen LogP contribution is 2.44. The van der Waals surface area contributed by atoms with Crippen LogP contribution in [-0.2, 0) is 9.59 Å². The SMILES string of the molecule is CC(C)(C)C(=O)C1=C(CBr)CS[C@@H]2[C@@H](Cl)C(=O)N12. The summed E-state index contributed by atoms with van der Waals surface area (Å²) in [7, 11) is 0. The molecule has 100 valence electrons. The molecule has 0 radical (unpaired) electrons. The smallest absolute Gasteiger partial charge is 0.249 e. The molecule has 0 aromatic rings. The fourth-order valence-corrected chi connectivity index (χ4v) is 4.39. The minimum Gasteiger partial charge on any atom is -0.293 e. The fraction of sp³-hybridized carbons (Fsp3) is 0.667. The lowest BCUT2D eigenvalue weighted by Crippen LogP contribution is -2.63. The first-order valence-electron chi connectivity index (χ1n) is 5.70. The van der Waals surface area contributed by atoms with Crippen LogP contribution in [0.1, 0.15) is 20.8 Å². The maximum atomic E-state index is 12.5. The highest BCUT2D eigenvalue weighted by Gasteiger charge is 2.53. The number of ketones is 1. The normalized spacial score (nSPS) is 28.1. The van der Waals surface area contributed by atoms with Crippen molar-refractivity contribution >= 4 is 51.0 Å². The van der Waals surface area contributed by atoms with E-state index in [4.69, 9.17) is 11.6 Å². The number of carbonyl (C=O) groups excluding carboxylic acids is 2. The molecule has 6 heteroatoms. The number of Topliss-reactive ketones (excluding diaryl/α,β-unsaturated/α-hetero) is 1. The third-order valence-electron chi connectivity index (χ3n) is 3.04. The van der Waals surface area contributed by atoms with Crippen molar-refractivity contribution in [2.45, 2.75) is 31.5 Å². The number of thioether (sulfide) groups is 1. The van der Waals surface area contributed by atoms with E-state index in [0.717, 1.165) is 11.3 Å². The van der Waals surface area contributed by atoms with Crippen molar-refractivity contribution in [3.8, 4) is 0 Å². The lowest BCUT2D eigenvalue weighted by atomic mass is 9.86. The van der Waals surface area contributed by atoms with Gasteiger partial charge in [0.2, 0.25) is 5.91 Å². The van der Waals surface area contributed by atoms with Crippen LogP contribution in [0.4, 0.5) is 0 Å². The van der Waals surface area contributed by atoms with E-state index < -0.39 is 10.8 Å². The van der Waals surface area contributed by atoms with Crippen LogP contribution in [0, 0.1) is 5.41 Å². The Morgan fingerprint density at radius 1 is 1.56 bits per heavy atom. The standard InChI is InChI=1S/C12H15BrClNO2S/c1-12(2,3)9(16)8-6(4-13)5-18-11-7(14)10(17)15(8)11/h7,11H,4-5H2,1-3H3/t7-,11+/m0/s1. The molecule has 2 heterocycles. The summed E-state index contributed by atoms with van der Waals surface area (Å²) in [6.07, 6.45) is 0. The van der Waals surface area contributed by atoms with Crippen molar-refractivity contribution in [1.29, 1.82) is 0 Å². The highest BCUT2D eigenvalue weighted by atomic mass is 79.9. The first-order chi connectivity index (χ1) is 8.29. The number of fused-ring (bicyclic) bond motifs is 1. The Hall–Kier alpha value is -0.000000000000000222. The second-order valence-corrected chi connectivity index (χ2v) is 7.61. The molecule has 0 aromatic heterocycles. The molecule has 2 aliphatic rings. The Labute approximate surface area is 124 Å². The van der Waals surface area contributed by atoms with Gasteiger partial charge in [-0.15, -0.1) is 23.4 Å². The predicted molar refractivity (Wildman–Crippen MR) is 78.0 cm³/mol. The summed E-state index contributed by atoms with van der Waals surface area (Å²) >= 11 is 11.0. The number of hydrogen-bond acceptors (Lipinski definition) is 3. The Kier molecular flexibility index (Phi) is 3.87. The molecule has 1 amide bonds. The summed E-state index contributed by atoms with van der Waals surface area (Å²) in [6.45, 7) is 5.61. The van der Waals surface area contributed by atoms with Gasteiger partial charge < -0.3 is 0 Å². The van der Waals surface area contributed by atoms with Crippen LogP contribution < -0.4 is 0 Å². The van der Waals surface area contributed by atoms with E-state index in [9.17, 15) is 9.59 Å². The van der Waals surface area contributed by atoms with Crippen molar-refractivity contribution in [3.63, 3.8) is 0 Å². The van der Waals surface area contributed by atoms with Crippen LogP contribution in [-0.4, -0.2) is 38.4 Å². The number of β-lactam (4-membered cyclic amide) rings is 1. The minimum atomic E-state index is -0.493. The number of alkyl halides is 2. The Morgan fingerprint density at radius 2 is 2.17 bits per heavy atom. The van der Waals surface area contributed by atoms with Gasteiger partial charge in [-0.1, -0.05) is 36.7 Å². The quantitative estimate of drug-likeness (QED) is 0.566. The van der Waals surface area contributed by atoms with Crippen molar-refractivity contribution in [2.75, 3.05) is 11.1 Å². The van der Waals surface area contributed by atoms with Crippen LogP contribution in [0.5, 0.6) is 0 Å². The number of nitrogens with zero attached hydrogens (tertiary/aromatic N) is 1. The number of amides is 1. The van der Waals surface area contributed by atoms with Crippen LogP contribution in [0.15, 0.2) is 11.3 Å². The summed E-state index contributed by atoms with van der Waals surface area (Å²) in [4.78, 5) is 26.0. The number of allylic oxidation sites excluding steroid dienone is 1. The van der Waals surface area contributed by atoms with Crippen LogP contribution in [0.3, 0.4) is 0 Å². The molecular weight excluding hydrogens is 338 g/mol. The third-order valence-corrected chi connectivity index (χ3v) is 5.63. The number of halogens is 2. The van der Waals surface area contributed by atoms with E-state index in [1.54, 1.807) is 16.7 Å². The topological polar surface area (TPSA) is 37.4 Å². The van der Waals surface area contributed by atoms with Gasteiger partial charge in [-0.2, -0.15) is 0 Å². The lowest BCUT2D eigenvalue weighted by molar-refractivity contribution is -0.141. The van der Waals surface area contributed by atoms with Crippen molar-refractivity contribution < 1.29 is 9.59 Å². The molecule has 0 spiro atoms. The van der Waals surface area contributed by atoms with Gasteiger partial charge in [0.15, 0.2) is 5.78 Å². The molecule has 0 unspecified atom stereocenters. The van der Waals surface area contributed by atoms with E-state index in [1.807, 2.05) is 20.8 Å². The Bertz CT molecular complexity index is 444. The van der Waals surface area contributed by atoms with E-state index in [1.165, 1.54) is 0 Å². The second-order valence-electron chi connectivity index (χ2n) is 5.48. The van der Waals surface area contributed by atoms with Gasteiger partial charge in [-0.25, -0.2) is 0 Å². The first-order valence-corrected chi connectivity index (χ1v) is 8.31. The van der Waals surface area contributed by atoms with Gasteiger partial charge in [0.25, 0.3) is 0 Å².